The normalized spacial score (nSPS) is 11.1. The molecule has 1 amide bonds. The summed E-state index contributed by atoms with van der Waals surface area (Å²) in [7, 11) is 0. The van der Waals surface area contributed by atoms with Crippen LogP contribution in [0.25, 0.3) is 0 Å². The van der Waals surface area contributed by atoms with Crippen molar-refractivity contribution in [2.24, 2.45) is 0 Å². The summed E-state index contributed by atoms with van der Waals surface area (Å²) in [4.78, 5) is 21.0. The molecule has 0 saturated carbocycles. The Morgan fingerprint density at radius 1 is 0.963 bits per heavy atom. The van der Waals surface area contributed by atoms with Gasteiger partial charge in [-0.15, -0.1) is 0 Å². The molecule has 0 aliphatic carbocycles. The van der Waals surface area contributed by atoms with Gasteiger partial charge in [-0.05, 0) is 28.7 Å². The number of rotatable bonds is 5. The maximum atomic E-state index is 12.4. The Kier molecular flexibility index (Phi) is 5.50. The van der Waals surface area contributed by atoms with Crippen molar-refractivity contribution in [2.45, 2.75) is 32.7 Å². The summed E-state index contributed by atoms with van der Waals surface area (Å²) in [6.45, 7) is 6.92. The van der Waals surface area contributed by atoms with Crippen molar-refractivity contribution in [3.05, 3.63) is 83.7 Å². The van der Waals surface area contributed by atoms with Gasteiger partial charge in [-0.25, -0.2) is 9.97 Å². The van der Waals surface area contributed by atoms with Crippen molar-refractivity contribution in [3.63, 3.8) is 0 Å². The van der Waals surface area contributed by atoms with E-state index in [0.29, 0.717) is 18.2 Å². The van der Waals surface area contributed by atoms with E-state index in [2.05, 4.69) is 47.4 Å². The molecular formula is C22H24N4O. The van der Waals surface area contributed by atoms with Crippen LogP contribution in [0.15, 0.2) is 66.9 Å². The summed E-state index contributed by atoms with van der Waals surface area (Å²) in [5, 5.41) is 6.13. The molecule has 2 aromatic carbocycles. The molecule has 5 nitrogen and oxygen atoms in total. The lowest BCUT2D eigenvalue weighted by atomic mass is 9.86. The fraction of sp³-hybridized carbons (Fsp3) is 0.227. The Labute approximate surface area is 159 Å². The lowest BCUT2D eigenvalue weighted by molar-refractivity contribution is 0.0946. The van der Waals surface area contributed by atoms with E-state index in [4.69, 9.17) is 0 Å². The maximum absolute atomic E-state index is 12.4. The quantitative estimate of drug-likeness (QED) is 0.705. The number of hydrogen-bond acceptors (Lipinski definition) is 4. The number of nitrogens with zero attached hydrogens (tertiary/aromatic N) is 2. The second kappa shape index (κ2) is 7.99. The minimum Gasteiger partial charge on any atom is -0.347 e. The average Bonchev–Trinajstić information content (AvgIpc) is 2.67. The molecule has 0 bridgehead atoms. The van der Waals surface area contributed by atoms with Crippen molar-refractivity contribution in [2.75, 3.05) is 5.32 Å². The largest absolute Gasteiger partial charge is 0.347 e. The molecule has 5 heteroatoms. The number of nitrogens with one attached hydrogen (secondary N) is 2. The van der Waals surface area contributed by atoms with Gasteiger partial charge >= 0.3 is 0 Å². The van der Waals surface area contributed by atoms with Crippen LogP contribution in [0.2, 0.25) is 0 Å². The van der Waals surface area contributed by atoms with Gasteiger partial charge in [-0.1, -0.05) is 69.3 Å². The standard InChI is InChI=1S/C22H24N4O/c1-22(2,3)17-11-7-8-12-18(17)25-21-23-14-13-19(26-21)20(27)24-15-16-9-5-4-6-10-16/h4-14H,15H2,1-3H3,(H,24,27)(H,23,25,26). The molecule has 0 unspecified atom stereocenters. The molecule has 0 saturated heterocycles. The summed E-state index contributed by atoms with van der Waals surface area (Å²) in [5.41, 5.74) is 3.45. The number of carbonyl (C=O) groups is 1. The van der Waals surface area contributed by atoms with E-state index >= 15 is 0 Å². The van der Waals surface area contributed by atoms with Crippen LogP contribution in [0.5, 0.6) is 0 Å². The van der Waals surface area contributed by atoms with E-state index in [1.54, 1.807) is 12.3 Å². The van der Waals surface area contributed by atoms with Crippen LogP contribution in [0.3, 0.4) is 0 Å². The first-order valence-electron chi connectivity index (χ1n) is 8.95. The number of anilines is 2. The van der Waals surface area contributed by atoms with Gasteiger partial charge < -0.3 is 10.6 Å². The Bertz CT molecular complexity index is 917. The van der Waals surface area contributed by atoms with E-state index in [1.807, 2.05) is 48.5 Å². The van der Waals surface area contributed by atoms with E-state index in [9.17, 15) is 4.79 Å². The van der Waals surface area contributed by atoms with Gasteiger partial charge in [0, 0.05) is 18.4 Å². The SMILES string of the molecule is CC(C)(C)c1ccccc1Nc1nccc(C(=O)NCc2ccccc2)n1. The van der Waals surface area contributed by atoms with Crippen LogP contribution in [-0.2, 0) is 12.0 Å². The van der Waals surface area contributed by atoms with Crippen LogP contribution >= 0.6 is 0 Å². The third kappa shape index (κ3) is 4.91. The smallest absolute Gasteiger partial charge is 0.270 e. The predicted molar refractivity (Wildman–Crippen MR) is 108 cm³/mol. The average molecular weight is 360 g/mol. The van der Waals surface area contributed by atoms with Gasteiger partial charge in [-0.3, -0.25) is 4.79 Å². The molecule has 0 aliphatic heterocycles. The Morgan fingerprint density at radius 3 is 2.41 bits per heavy atom. The van der Waals surface area contributed by atoms with E-state index < -0.39 is 0 Å². The number of aromatic nitrogens is 2. The van der Waals surface area contributed by atoms with Crippen LogP contribution in [0, 0.1) is 0 Å². The third-order valence-electron chi connectivity index (χ3n) is 4.17. The predicted octanol–water partition coefficient (Wildman–Crippen LogP) is 4.45. The van der Waals surface area contributed by atoms with Gasteiger partial charge in [0.05, 0.1) is 0 Å². The highest BCUT2D eigenvalue weighted by Gasteiger charge is 2.18. The second-order valence-corrected chi connectivity index (χ2v) is 7.35. The molecule has 0 aliphatic rings. The molecule has 27 heavy (non-hydrogen) atoms. The molecule has 0 spiro atoms. The molecule has 0 radical (unpaired) electrons. The minimum absolute atomic E-state index is 0.0196. The van der Waals surface area contributed by atoms with Crippen molar-refractivity contribution in [1.82, 2.24) is 15.3 Å². The highest BCUT2D eigenvalue weighted by Crippen LogP contribution is 2.30. The number of amides is 1. The van der Waals surface area contributed by atoms with Crippen molar-refractivity contribution >= 4 is 17.5 Å². The topological polar surface area (TPSA) is 66.9 Å². The van der Waals surface area contributed by atoms with Gasteiger partial charge in [-0.2, -0.15) is 0 Å². The highest BCUT2D eigenvalue weighted by molar-refractivity contribution is 5.92. The fourth-order valence-corrected chi connectivity index (χ4v) is 2.78. The summed E-state index contributed by atoms with van der Waals surface area (Å²) >= 11 is 0. The summed E-state index contributed by atoms with van der Waals surface area (Å²) < 4.78 is 0. The molecular weight excluding hydrogens is 336 g/mol. The van der Waals surface area contributed by atoms with Gasteiger partial charge in [0.2, 0.25) is 5.95 Å². The first-order chi connectivity index (χ1) is 12.9. The molecule has 2 N–H and O–H groups in total. The first-order valence-corrected chi connectivity index (χ1v) is 8.95. The number of benzene rings is 2. The van der Waals surface area contributed by atoms with Crippen molar-refractivity contribution < 1.29 is 4.79 Å². The highest BCUT2D eigenvalue weighted by atomic mass is 16.1. The molecule has 0 atom stereocenters. The van der Waals surface area contributed by atoms with E-state index in [0.717, 1.165) is 16.8 Å². The monoisotopic (exact) mass is 360 g/mol. The van der Waals surface area contributed by atoms with Gasteiger partial charge in [0.1, 0.15) is 5.69 Å². The van der Waals surface area contributed by atoms with Crippen LogP contribution in [0.4, 0.5) is 11.6 Å². The maximum Gasteiger partial charge on any atom is 0.270 e. The second-order valence-electron chi connectivity index (χ2n) is 7.35. The fourth-order valence-electron chi connectivity index (χ4n) is 2.78. The Morgan fingerprint density at radius 2 is 1.67 bits per heavy atom. The summed E-state index contributed by atoms with van der Waals surface area (Å²) in [5.74, 6) is 0.174. The number of carbonyl (C=O) groups excluding carboxylic acids is 1. The molecule has 138 valence electrons. The molecule has 0 fully saturated rings. The van der Waals surface area contributed by atoms with Crippen LogP contribution < -0.4 is 10.6 Å². The first kappa shape index (κ1) is 18.6. The third-order valence-corrected chi connectivity index (χ3v) is 4.17. The number of para-hydroxylation sites is 1. The Balaban J connectivity index is 1.74. The van der Waals surface area contributed by atoms with Crippen molar-refractivity contribution in [3.8, 4) is 0 Å². The van der Waals surface area contributed by atoms with Crippen molar-refractivity contribution in [1.29, 1.82) is 0 Å². The lowest BCUT2D eigenvalue weighted by Crippen LogP contribution is -2.24. The zero-order valence-corrected chi connectivity index (χ0v) is 15.9. The van der Waals surface area contributed by atoms with E-state index in [-0.39, 0.29) is 11.3 Å². The number of hydrogen-bond donors (Lipinski definition) is 2. The molecule has 1 heterocycles. The summed E-state index contributed by atoms with van der Waals surface area (Å²) in [6.07, 6.45) is 1.59. The molecule has 3 rings (SSSR count). The van der Waals surface area contributed by atoms with Gasteiger partial charge in [0.25, 0.3) is 5.91 Å². The van der Waals surface area contributed by atoms with Crippen LogP contribution in [0.1, 0.15) is 42.4 Å². The van der Waals surface area contributed by atoms with Gasteiger partial charge in [0.15, 0.2) is 0 Å². The minimum atomic E-state index is -0.228. The molecule has 3 aromatic rings. The zero-order valence-electron chi connectivity index (χ0n) is 15.9. The lowest BCUT2D eigenvalue weighted by Gasteiger charge is -2.23. The van der Waals surface area contributed by atoms with Crippen LogP contribution in [-0.4, -0.2) is 15.9 Å². The summed E-state index contributed by atoms with van der Waals surface area (Å²) in [6, 6.07) is 19.4. The molecule has 1 aromatic heterocycles. The Hall–Kier alpha value is -3.21. The zero-order chi connectivity index (χ0) is 19.3. The van der Waals surface area contributed by atoms with E-state index in [1.165, 1.54) is 0 Å².